The second kappa shape index (κ2) is 8.96. The zero-order valence-corrected chi connectivity index (χ0v) is 14.2. The Bertz CT molecular complexity index is 338. The fourth-order valence-electron chi connectivity index (χ4n) is 3.15. The van der Waals surface area contributed by atoms with E-state index in [1.54, 1.807) is 0 Å². The van der Waals surface area contributed by atoms with E-state index >= 15 is 0 Å². The molecule has 0 bridgehead atoms. The van der Waals surface area contributed by atoms with Gasteiger partial charge in [-0.3, -0.25) is 4.79 Å². The molecule has 0 aromatic rings. The van der Waals surface area contributed by atoms with Gasteiger partial charge in [-0.1, -0.05) is 20.3 Å². The molecule has 1 rings (SSSR count). The molecule has 0 spiro atoms. The van der Waals surface area contributed by atoms with Crippen LogP contribution in [0.5, 0.6) is 0 Å². The first-order chi connectivity index (χ1) is 9.79. The average molecular weight is 345 g/mol. The molecule has 132 valence electrons. The Hall–Kier alpha value is -0.490. The van der Waals surface area contributed by atoms with Gasteiger partial charge in [0.25, 0.3) is 0 Å². The van der Waals surface area contributed by atoms with Crippen LogP contribution in [0.1, 0.15) is 52.4 Å². The molecule has 22 heavy (non-hydrogen) atoms. The lowest BCUT2D eigenvalue weighted by Crippen LogP contribution is -2.47. The van der Waals surface area contributed by atoms with Crippen LogP contribution in [-0.4, -0.2) is 25.2 Å². The number of nitrogens with two attached hydrogens (primary N) is 1. The predicted molar refractivity (Wildman–Crippen MR) is 83.8 cm³/mol. The molecular formula is C15H28ClF3N2O. The van der Waals surface area contributed by atoms with Gasteiger partial charge in [-0.05, 0) is 38.0 Å². The number of nitrogens with one attached hydrogen (secondary N) is 1. The average Bonchev–Trinajstić information content (AvgIpc) is 2.47. The topological polar surface area (TPSA) is 55.1 Å². The molecule has 0 radical (unpaired) electrons. The molecule has 7 heteroatoms. The van der Waals surface area contributed by atoms with Gasteiger partial charge in [0.15, 0.2) is 0 Å². The normalized spacial score (nSPS) is 22.8. The van der Waals surface area contributed by atoms with Crippen molar-refractivity contribution < 1.29 is 18.0 Å². The van der Waals surface area contributed by atoms with Crippen molar-refractivity contribution in [3.8, 4) is 0 Å². The lowest BCUT2D eigenvalue weighted by Gasteiger charge is -2.33. The van der Waals surface area contributed by atoms with Crippen LogP contribution in [0, 0.1) is 17.3 Å². The Labute approximate surface area is 137 Å². The van der Waals surface area contributed by atoms with Crippen LogP contribution >= 0.6 is 12.4 Å². The van der Waals surface area contributed by atoms with Crippen molar-refractivity contribution in [2.24, 2.45) is 23.0 Å². The maximum atomic E-state index is 12.8. The molecule has 1 aliphatic carbocycles. The molecule has 1 fully saturated rings. The molecule has 2 unspecified atom stereocenters. The SMILES string of the molecule is CCC(CC)(CN)C(=O)NCC1CCCC(C(F)(F)F)C1.Cl. The summed E-state index contributed by atoms with van der Waals surface area (Å²) in [6.07, 6.45) is -1.17. The maximum absolute atomic E-state index is 12.8. The Kier molecular flexibility index (Phi) is 8.77. The molecule has 0 heterocycles. The lowest BCUT2D eigenvalue weighted by molar-refractivity contribution is -0.185. The van der Waals surface area contributed by atoms with Crippen molar-refractivity contribution in [1.29, 1.82) is 0 Å². The monoisotopic (exact) mass is 344 g/mol. The summed E-state index contributed by atoms with van der Waals surface area (Å²) in [4.78, 5) is 12.3. The fourth-order valence-corrected chi connectivity index (χ4v) is 3.15. The smallest absolute Gasteiger partial charge is 0.355 e. The van der Waals surface area contributed by atoms with Crippen molar-refractivity contribution in [3.05, 3.63) is 0 Å². The van der Waals surface area contributed by atoms with Gasteiger partial charge in [0.1, 0.15) is 0 Å². The summed E-state index contributed by atoms with van der Waals surface area (Å²) in [5, 5.41) is 2.83. The number of hydrogen-bond donors (Lipinski definition) is 2. The van der Waals surface area contributed by atoms with Crippen LogP contribution in [0.3, 0.4) is 0 Å². The third-order valence-corrected chi connectivity index (χ3v) is 5.02. The molecule has 0 aromatic heterocycles. The van der Waals surface area contributed by atoms with E-state index in [2.05, 4.69) is 5.32 Å². The predicted octanol–water partition coefficient (Wildman–Crippen LogP) is 3.66. The number of halogens is 4. The number of carbonyl (C=O) groups is 1. The van der Waals surface area contributed by atoms with E-state index in [-0.39, 0.29) is 43.6 Å². The number of rotatable bonds is 6. The summed E-state index contributed by atoms with van der Waals surface area (Å²) >= 11 is 0. The van der Waals surface area contributed by atoms with Crippen molar-refractivity contribution in [1.82, 2.24) is 5.32 Å². The van der Waals surface area contributed by atoms with E-state index in [0.29, 0.717) is 25.8 Å². The fraction of sp³-hybridized carbons (Fsp3) is 0.933. The van der Waals surface area contributed by atoms with E-state index in [9.17, 15) is 18.0 Å². The van der Waals surface area contributed by atoms with Gasteiger partial charge >= 0.3 is 6.18 Å². The Balaban J connectivity index is 0.00000441. The number of carbonyl (C=O) groups excluding carboxylic acids is 1. The lowest BCUT2D eigenvalue weighted by atomic mass is 9.79. The van der Waals surface area contributed by atoms with Gasteiger partial charge in [-0.25, -0.2) is 0 Å². The van der Waals surface area contributed by atoms with Gasteiger partial charge < -0.3 is 11.1 Å². The minimum atomic E-state index is -4.11. The van der Waals surface area contributed by atoms with E-state index in [4.69, 9.17) is 5.73 Å². The van der Waals surface area contributed by atoms with Gasteiger partial charge in [0.2, 0.25) is 5.91 Å². The molecule has 0 aliphatic heterocycles. The van der Waals surface area contributed by atoms with Crippen molar-refractivity contribution in [2.75, 3.05) is 13.1 Å². The molecule has 3 nitrogen and oxygen atoms in total. The van der Waals surface area contributed by atoms with Crippen LogP contribution in [0.15, 0.2) is 0 Å². The van der Waals surface area contributed by atoms with E-state index < -0.39 is 17.5 Å². The zero-order valence-electron chi connectivity index (χ0n) is 13.3. The molecule has 2 atom stereocenters. The molecule has 1 saturated carbocycles. The molecule has 0 aromatic carbocycles. The summed E-state index contributed by atoms with van der Waals surface area (Å²) < 4.78 is 38.3. The van der Waals surface area contributed by atoms with Crippen LogP contribution in [0.2, 0.25) is 0 Å². The number of amides is 1. The molecule has 0 saturated heterocycles. The molecular weight excluding hydrogens is 317 g/mol. The number of hydrogen-bond acceptors (Lipinski definition) is 2. The highest BCUT2D eigenvalue weighted by molar-refractivity contribution is 5.85. The van der Waals surface area contributed by atoms with Crippen LogP contribution < -0.4 is 11.1 Å². The largest absolute Gasteiger partial charge is 0.391 e. The summed E-state index contributed by atoms with van der Waals surface area (Å²) in [6, 6.07) is 0. The van der Waals surface area contributed by atoms with E-state index in [1.165, 1.54) is 0 Å². The quantitative estimate of drug-likeness (QED) is 0.772. The van der Waals surface area contributed by atoms with Crippen molar-refractivity contribution >= 4 is 18.3 Å². The molecule has 1 amide bonds. The highest BCUT2D eigenvalue weighted by Crippen LogP contribution is 2.39. The first kappa shape index (κ1) is 21.5. The highest BCUT2D eigenvalue weighted by atomic mass is 35.5. The van der Waals surface area contributed by atoms with Gasteiger partial charge in [-0.2, -0.15) is 13.2 Å². The summed E-state index contributed by atoms with van der Waals surface area (Å²) in [7, 11) is 0. The van der Waals surface area contributed by atoms with Gasteiger partial charge in [0.05, 0.1) is 11.3 Å². The van der Waals surface area contributed by atoms with Crippen LogP contribution in [0.25, 0.3) is 0 Å². The summed E-state index contributed by atoms with van der Waals surface area (Å²) in [6.45, 7) is 4.42. The second-order valence-corrected chi connectivity index (χ2v) is 6.17. The van der Waals surface area contributed by atoms with Crippen molar-refractivity contribution in [2.45, 2.75) is 58.5 Å². The van der Waals surface area contributed by atoms with Crippen molar-refractivity contribution in [3.63, 3.8) is 0 Å². The minimum absolute atomic E-state index is 0. The van der Waals surface area contributed by atoms with Gasteiger partial charge in [-0.15, -0.1) is 12.4 Å². The minimum Gasteiger partial charge on any atom is -0.355 e. The third kappa shape index (κ3) is 5.30. The third-order valence-electron chi connectivity index (χ3n) is 5.02. The summed E-state index contributed by atoms with van der Waals surface area (Å²) in [5.74, 6) is -1.42. The van der Waals surface area contributed by atoms with Crippen LogP contribution in [-0.2, 0) is 4.79 Å². The van der Waals surface area contributed by atoms with E-state index in [1.807, 2.05) is 13.8 Å². The summed E-state index contributed by atoms with van der Waals surface area (Å²) in [5.41, 5.74) is 5.12. The number of alkyl halides is 3. The highest BCUT2D eigenvalue weighted by Gasteiger charge is 2.42. The first-order valence-corrected chi connectivity index (χ1v) is 7.84. The standard InChI is InChI=1S/C15H27F3N2O.ClH/c1-3-14(4-2,10-19)13(21)20-9-11-6-5-7-12(8-11)15(16,17)18;/h11-12H,3-10,19H2,1-2H3,(H,20,21);1H. The first-order valence-electron chi connectivity index (χ1n) is 7.84. The zero-order chi connectivity index (χ0) is 16.1. The molecule has 1 aliphatic rings. The Morgan fingerprint density at radius 2 is 1.82 bits per heavy atom. The van der Waals surface area contributed by atoms with Gasteiger partial charge in [0, 0.05) is 13.1 Å². The second-order valence-electron chi connectivity index (χ2n) is 6.17. The Morgan fingerprint density at radius 1 is 1.23 bits per heavy atom. The maximum Gasteiger partial charge on any atom is 0.391 e. The van der Waals surface area contributed by atoms with E-state index in [0.717, 1.165) is 6.42 Å². The van der Waals surface area contributed by atoms with Crippen LogP contribution in [0.4, 0.5) is 13.2 Å². The molecule has 3 N–H and O–H groups in total. The Morgan fingerprint density at radius 3 is 2.27 bits per heavy atom.